The summed E-state index contributed by atoms with van der Waals surface area (Å²) in [6, 6.07) is 16.0. The lowest BCUT2D eigenvalue weighted by molar-refractivity contribution is -0.384. The fraction of sp³-hybridized carbons (Fsp3) is 0. The molecule has 0 aliphatic rings. The normalized spacial score (nSPS) is 11.1. The van der Waals surface area contributed by atoms with Crippen LogP contribution in [-0.4, -0.2) is 9.91 Å². The van der Waals surface area contributed by atoms with Crippen LogP contribution < -0.4 is 0 Å². The first kappa shape index (κ1) is 17.0. The van der Waals surface area contributed by atoms with Gasteiger partial charge in [0.05, 0.1) is 16.2 Å². The minimum absolute atomic E-state index is 0.0132. The van der Waals surface area contributed by atoms with Crippen molar-refractivity contribution in [2.24, 2.45) is 0 Å². The molecule has 0 amide bonds. The van der Waals surface area contributed by atoms with Crippen molar-refractivity contribution in [2.45, 2.75) is 0 Å². The molecule has 25 heavy (non-hydrogen) atoms. The largest absolute Gasteiger partial charge is 0.270 e. The molecular weight excluding hydrogens is 402 g/mol. The van der Waals surface area contributed by atoms with Gasteiger partial charge in [0.25, 0.3) is 5.69 Å². The minimum Gasteiger partial charge on any atom is -0.258 e. The lowest BCUT2D eigenvalue weighted by Crippen LogP contribution is -1.88. The van der Waals surface area contributed by atoms with E-state index in [4.69, 9.17) is 0 Å². The minimum atomic E-state index is -0.460. The van der Waals surface area contributed by atoms with E-state index in [-0.39, 0.29) is 5.69 Å². The second-order valence-electron chi connectivity index (χ2n) is 5.07. The summed E-state index contributed by atoms with van der Waals surface area (Å²) in [5, 5.41) is 22.8. The van der Waals surface area contributed by atoms with E-state index in [1.807, 2.05) is 29.6 Å². The fourth-order valence-electron chi connectivity index (χ4n) is 2.19. The van der Waals surface area contributed by atoms with Gasteiger partial charge in [0.2, 0.25) is 0 Å². The van der Waals surface area contributed by atoms with E-state index >= 15 is 0 Å². The summed E-state index contributed by atoms with van der Waals surface area (Å²) in [6.45, 7) is 0. The number of nitriles is 1. The van der Waals surface area contributed by atoms with Crippen molar-refractivity contribution in [3.05, 3.63) is 79.1 Å². The van der Waals surface area contributed by atoms with Crippen molar-refractivity contribution in [2.75, 3.05) is 0 Å². The Bertz CT molecular complexity index is 1000. The number of benzene rings is 2. The Hall–Kier alpha value is -2.82. The van der Waals surface area contributed by atoms with Crippen LogP contribution in [0.3, 0.4) is 0 Å². The Kier molecular flexibility index (Phi) is 5.03. The van der Waals surface area contributed by atoms with E-state index < -0.39 is 4.92 Å². The van der Waals surface area contributed by atoms with Gasteiger partial charge in [0.15, 0.2) is 0 Å². The molecule has 7 heteroatoms. The van der Waals surface area contributed by atoms with Crippen LogP contribution in [0.2, 0.25) is 0 Å². The van der Waals surface area contributed by atoms with Gasteiger partial charge in [0, 0.05) is 27.5 Å². The van der Waals surface area contributed by atoms with Crippen LogP contribution >= 0.6 is 27.3 Å². The number of allylic oxidation sites excluding steroid dienone is 1. The number of nitrogens with zero attached hydrogens (tertiary/aromatic N) is 3. The molecule has 0 aliphatic carbocycles. The van der Waals surface area contributed by atoms with Crippen LogP contribution in [0.5, 0.6) is 0 Å². The molecule has 3 aromatic rings. The van der Waals surface area contributed by atoms with Crippen LogP contribution in [0.25, 0.3) is 22.9 Å². The number of aromatic nitrogens is 1. The number of nitro benzene ring substituents is 1. The zero-order chi connectivity index (χ0) is 17.8. The number of non-ortho nitro benzene ring substituents is 1. The molecule has 1 aromatic heterocycles. The van der Waals surface area contributed by atoms with E-state index in [2.05, 4.69) is 27.0 Å². The predicted octanol–water partition coefficient (Wildman–Crippen LogP) is 5.54. The Morgan fingerprint density at radius 1 is 1.28 bits per heavy atom. The summed E-state index contributed by atoms with van der Waals surface area (Å²) in [5.74, 6) is 0. The highest BCUT2D eigenvalue weighted by Gasteiger charge is 2.10. The molecule has 3 rings (SSSR count). The molecule has 0 saturated heterocycles. The molecule has 0 saturated carbocycles. The van der Waals surface area contributed by atoms with Crippen LogP contribution in [0.4, 0.5) is 5.69 Å². The first-order valence-electron chi connectivity index (χ1n) is 7.15. The highest BCUT2D eigenvalue weighted by molar-refractivity contribution is 9.10. The molecule has 0 spiro atoms. The maximum absolute atomic E-state index is 10.9. The van der Waals surface area contributed by atoms with E-state index in [0.29, 0.717) is 16.1 Å². The molecule has 0 bridgehead atoms. The van der Waals surface area contributed by atoms with Gasteiger partial charge < -0.3 is 0 Å². The molecule has 1 heterocycles. The zero-order valence-electron chi connectivity index (χ0n) is 12.7. The SMILES string of the molecule is N#CC(=Cc1cccc([N+](=O)[O-])c1)c1nc(-c2ccc(Br)cc2)cs1. The van der Waals surface area contributed by atoms with Gasteiger partial charge >= 0.3 is 0 Å². The van der Waals surface area contributed by atoms with Crippen LogP contribution in [0.15, 0.2) is 58.4 Å². The predicted molar refractivity (Wildman–Crippen MR) is 102 cm³/mol. The Morgan fingerprint density at radius 3 is 2.72 bits per heavy atom. The maximum atomic E-state index is 10.9. The number of nitro groups is 1. The first-order chi connectivity index (χ1) is 12.1. The third-order valence-corrected chi connectivity index (χ3v) is 4.79. The van der Waals surface area contributed by atoms with Crippen LogP contribution in [0.1, 0.15) is 10.6 Å². The monoisotopic (exact) mass is 411 g/mol. The van der Waals surface area contributed by atoms with Crippen molar-refractivity contribution < 1.29 is 4.92 Å². The highest BCUT2D eigenvalue weighted by atomic mass is 79.9. The Morgan fingerprint density at radius 2 is 2.04 bits per heavy atom. The second-order valence-corrected chi connectivity index (χ2v) is 6.84. The van der Waals surface area contributed by atoms with Crippen molar-refractivity contribution in [3.63, 3.8) is 0 Å². The zero-order valence-corrected chi connectivity index (χ0v) is 15.1. The highest BCUT2D eigenvalue weighted by Crippen LogP contribution is 2.28. The van der Waals surface area contributed by atoms with Gasteiger partial charge in [-0.15, -0.1) is 11.3 Å². The molecule has 5 nitrogen and oxygen atoms in total. The molecule has 0 radical (unpaired) electrons. The van der Waals surface area contributed by atoms with Crippen molar-refractivity contribution in [1.29, 1.82) is 5.26 Å². The van der Waals surface area contributed by atoms with Gasteiger partial charge in [-0.3, -0.25) is 10.1 Å². The van der Waals surface area contributed by atoms with E-state index in [9.17, 15) is 15.4 Å². The van der Waals surface area contributed by atoms with Gasteiger partial charge in [-0.05, 0) is 23.8 Å². The van der Waals surface area contributed by atoms with Gasteiger partial charge in [-0.2, -0.15) is 5.26 Å². The average Bonchev–Trinajstić information content (AvgIpc) is 3.10. The third-order valence-electron chi connectivity index (χ3n) is 3.39. The molecule has 0 N–H and O–H groups in total. The quantitative estimate of drug-likeness (QED) is 0.320. The summed E-state index contributed by atoms with van der Waals surface area (Å²) in [5.41, 5.74) is 2.69. The van der Waals surface area contributed by atoms with E-state index in [1.54, 1.807) is 18.2 Å². The molecular formula is C18H10BrN3O2S. The Balaban J connectivity index is 1.94. The number of thiazole rings is 1. The van der Waals surface area contributed by atoms with Crippen molar-refractivity contribution in [1.82, 2.24) is 4.98 Å². The van der Waals surface area contributed by atoms with Crippen LogP contribution in [-0.2, 0) is 0 Å². The van der Waals surface area contributed by atoms with Gasteiger partial charge in [-0.25, -0.2) is 4.98 Å². The molecule has 0 unspecified atom stereocenters. The topological polar surface area (TPSA) is 79.8 Å². The number of hydrogen-bond acceptors (Lipinski definition) is 5. The molecule has 0 fully saturated rings. The second kappa shape index (κ2) is 7.38. The van der Waals surface area contributed by atoms with E-state index in [0.717, 1.165) is 15.7 Å². The molecule has 122 valence electrons. The van der Waals surface area contributed by atoms with Gasteiger partial charge in [0.1, 0.15) is 11.1 Å². The van der Waals surface area contributed by atoms with E-state index in [1.165, 1.54) is 23.5 Å². The smallest absolute Gasteiger partial charge is 0.258 e. The number of hydrogen-bond donors (Lipinski definition) is 0. The third kappa shape index (κ3) is 3.99. The summed E-state index contributed by atoms with van der Waals surface area (Å²) in [6.07, 6.45) is 1.61. The van der Waals surface area contributed by atoms with Gasteiger partial charge in [-0.1, -0.05) is 40.2 Å². The molecule has 2 aromatic carbocycles. The maximum Gasteiger partial charge on any atom is 0.270 e. The average molecular weight is 412 g/mol. The number of rotatable bonds is 4. The van der Waals surface area contributed by atoms with Crippen molar-refractivity contribution in [3.8, 4) is 17.3 Å². The molecule has 0 aliphatic heterocycles. The van der Waals surface area contributed by atoms with Crippen LogP contribution in [0, 0.1) is 21.4 Å². The number of halogens is 1. The summed E-state index contributed by atoms with van der Waals surface area (Å²) in [7, 11) is 0. The summed E-state index contributed by atoms with van der Waals surface area (Å²) < 4.78 is 0.981. The van der Waals surface area contributed by atoms with Crippen molar-refractivity contribution >= 4 is 44.6 Å². The Labute approximate surface area is 156 Å². The standard InChI is InChI=1S/C18H10BrN3O2S/c19-15-6-4-13(5-7-15)17-11-25-18(21-17)14(10-20)8-12-2-1-3-16(9-12)22(23)24/h1-9,11H. The fourth-order valence-corrected chi connectivity index (χ4v) is 3.25. The lowest BCUT2D eigenvalue weighted by Gasteiger charge is -1.98. The summed E-state index contributed by atoms with van der Waals surface area (Å²) >= 11 is 4.76. The summed E-state index contributed by atoms with van der Waals surface area (Å²) in [4.78, 5) is 14.9. The lowest BCUT2D eigenvalue weighted by atomic mass is 10.1. The first-order valence-corrected chi connectivity index (χ1v) is 8.82. The molecule has 0 atom stereocenters.